The molecule has 0 aromatic heterocycles. The Labute approximate surface area is 157 Å². The Kier molecular flexibility index (Phi) is 4.81. The van der Waals surface area contributed by atoms with Crippen molar-refractivity contribution in [3.05, 3.63) is 0 Å². The number of carbonyl (C=O) groups is 1. The van der Waals surface area contributed by atoms with Crippen molar-refractivity contribution in [3.63, 3.8) is 0 Å². The van der Waals surface area contributed by atoms with Crippen LogP contribution in [0, 0.1) is 40.9 Å². The van der Waals surface area contributed by atoms with Crippen molar-refractivity contribution in [1.29, 1.82) is 0 Å². The molecule has 0 unspecified atom stereocenters. The lowest BCUT2D eigenvalue weighted by molar-refractivity contribution is -0.129. The highest BCUT2D eigenvalue weighted by molar-refractivity contribution is 7.99. The summed E-state index contributed by atoms with van der Waals surface area (Å²) in [7, 11) is 0. The van der Waals surface area contributed by atoms with E-state index in [1.807, 2.05) is 6.92 Å². The van der Waals surface area contributed by atoms with Crippen LogP contribution in [0.1, 0.15) is 71.6 Å². The van der Waals surface area contributed by atoms with Crippen molar-refractivity contribution in [1.82, 2.24) is 0 Å². The van der Waals surface area contributed by atoms with Gasteiger partial charge in [0.25, 0.3) is 0 Å². The summed E-state index contributed by atoms with van der Waals surface area (Å²) in [4.78, 5) is 12.7. The van der Waals surface area contributed by atoms with Crippen LogP contribution in [0.2, 0.25) is 0 Å². The molecule has 0 aliphatic heterocycles. The SMILES string of the molecule is CSCC(=O)[C@H]1CC[C@H]2[C@@H]3CC[C@@H]4C[C@](C)(O)CC[C@@H]4[C@H]3CC[C@]12C. The first-order chi connectivity index (χ1) is 11.9. The van der Waals surface area contributed by atoms with Crippen LogP contribution in [-0.2, 0) is 4.79 Å². The fourth-order valence-electron chi connectivity index (χ4n) is 7.85. The summed E-state index contributed by atoms with van der Waals surface area (Å²) in [6, 6.07) is 0. The number of Topliss-reactive ketones (excluding diaryl/α,β-unsaturated/α-hetero) is 1. The molecular weight excluding hydrogens is 328 g/mol. The van der Waals surface area contributed by atoms with E-state index in [-0.39, 0.29) is 5.41 Å². The fourth-order valence-corrected chi connectivity index (χ4v) is 8.34. The van der Waals surface area contributed by atoms with Gasteiger partial charge in [-0.15, -0.1) is 0 Å². The van der Waals surface area contributed by atoms with Crippen LogP contribution in [0.25, 0.3) is 0 Å². The van der Waals surface area contributed by atoms with Gasteiger partial charge in [0.05, 0.1) is 11.4 Å². The van der Waals surface area contributed by atoms with E-state index >= 15 is 0 Å². The number of aliphatic hydroxyl groups is 1. The number of hydrogen-bond donors (Lipinski definition) is 1. The lowest BCUT2D eigenvalue weighted by Crippen LogP contribution is -2.51. The maximum atomic E-state index is 12.7. The summed E-state index contributed by atoms with van der Waals surface area (Å²) >= 11 is 1.70. The van der Waals surface area contributed by atoms with Gasteiger partial charge >= 0.3 is 0 Å². The first-order valence-corrected chi connectivity index (χ1v) is 12.0. The van der Waals surface area contributed by atoms with Crippen molar-refractivity contribution < 1.29 is 9.90 Å². The molecule has 4 saturated carbocycles. The summed E-state index contributed by atoms with van der Waals surface area (Å²) in [5, 5.41) is 10.5. The van der Waals surface area contributed by atoms with Gasteiger partial charge in [0.2, 0.25) is 0 Å². The van der Waals surface area contributed by atoms with Crippen LogP contribution in [0.5, 0.6) is 0 Å². The predicted molar refractivity (Wildman–Crippen MR) is 105 cm³/mol. The van der Waals surface area contributed by atoms with E-state index < -0.39 is 5.60 Å². The van der Waals surface area contributed by atoms with Gasteiger partial charge in [-0.2, -0.15) is 11.8 Å². The minimum absolute atomic E-state index is 0.279. The molecular formula is C22H36O2S. The third-order valence-corrected chi connectivity index (χ3v) is 9.49. The average molecular weight is 365 g/mol. The maximum Gasteiger partial charge on any atom is 0.146 e. The van der Waals surface area contributed by atoms with Gasteiger partial charge in [-0.25, -0.2) is 0 Å². The second kappa shape index (κ2) is 6.55. The molecule has 4 rings (SSSR count). The van der Waals surface area contributed by atoms with Gasteiger partial charge in [-0.1, -0.05) is 6.92 Å². The third kappa shape index (κ3) is 3.02. The molecule has 0 saturated heterocycles. The summed E-state index contributed by atoms with van der Waals surface area (Å²) in [6.07, 6.45) is 13.0. The normalized spacial score (nSPS) is 52.2. The van der Waals surface area contributed by atoms with Gasteiger partial charge in [-0.05, 0) is 106 Å². The van der Waals surface area contributed by atoms with Crippen LogP contribution in [0.4, 0.5) is 0 Å². The summed E-state index contributed by atoms with van der Waals surface area (Å²) in [5.41, 5.74) is -0.138. The molecule has 0 aromatic rings. The van der Waals surface area contributed by atoms with Crippen molar-refractivity contribution in [2.75, 3.05) is 12.0 Å². The molecule has 2 nitrogen and oxygen atoms in total. The van der Waals surface area contributed by atoms with E-state index in [0.717, 1.165) is 48.9 Å². The number of thioether (sulfide) groups is 1. The molecule has 0 radical (unpaired) electrons. The predicted octanol–water partition coefficient (Wildman–Crippen LogP) is 4.94. The van der Waals surface area contributed by atoms with Crippen molar-refractivity contribution in [2.24, 2.45) is 40.9 Å². The van der Waals surface area contributed by atoms with Crippen LogP contribution >= 0.6 is 11.8 Å². The van der Waals surface area contributed by atoms with Crippen molar-refractivity contribution >= 4 is 17.5 Å². The first kappa shape index (κ1) is 18.3. The molecule has 4 aliphatic rings. The molecule has 0 amide bonds. The van der Waals surface area contributed by atoms with E-state index in [0.29, 0.717) is 17.5 Å². The molecule has 0 aromatic carbocycles. The standard InChI is InChI=1S/C22H36O2S/c1-21(24)10-8-15-14(12-21)4-5-17-16(15)9-11-22(2)18(17)6-7-19(22)20(23)13-25-3/h14-19,24H,4-13H2,1-3H3/t14-,15+,16-,17-,18+,19-,21-,22+/m1/s1. The maximum absolute atomic E-state index is 12.7. The number of rotatable bonds is 3. The third-order valence-electron chi connectivity index (χ3n) is 8.91. The van der Waals surface area contributed by atoms with Crippen LogP contribution in [0.3, 0.4) is 0 Å². The molecule has 8 atom stereocenters. The zero-order chi connectivity index (χ0) is 17.8. The molecule has 4 fully saturated rings. The van der Waals surface area contributed by atoms with E-state index in [2.05, 4.69) is 13.2 Å². The second-order valence-corrected chi connectivity index (χ2v) is 11.1. The molecule has 142 valence electrons. The van der Waals surface area contributed by atoms with E-state index in [4.69, 9.17) is 0 Å². The summed E-state index contributed by atoms with van der Waals surface area (Å²) in [6.45, 7) is 4.51. The lowest BCUT2D eigenvalue weighted by atomic mass is 9.49. The highest BCUT2D eigenvalue weighted by Gasteiger charge is 2.58. The smallest absolute Gasteiger partial charge is 0.146 e. The molecule has 0 bridgehead atoms. The Hall–Kier alpha value is -0.0200. The number of fused-ring (bicyclic) bond motifs is 5. The average Bonchev–Trinajstić information content (AvgIpc) is 2.91. The topological polar surface area (TPSA) is 37.3 Å². The number of ketones is 1. The highest BCUT2D eigenvalue weighted by Crippen LogP contribution is 2.64. The molecule has 25 heavy (non-hydrogen) atoms. The van der Waals surface area contributed by atoms with E-state index in [1.165, 1.54) is 38.5 Å². The Morgan fingerprint density at radius 1 is 1.00 bits per heavy atom. The molecule has 1 N–H and O–H groups in total. The zero-order valence-corrected chi connectivity index (χ0v) is 17.1. The van der Waals surface area contributed by atoms with Gasteiger partial charge in [0, 0.05) is 5.92 Å². The molecule has 0 spiro atoms. The Morgan fingerprint density at radius 3 is 2.52 bits per heavy atom. The van der Waals surface area contributed by atoms with E-state index in [1.54, 1.807) is 11.8 Å². The van der Waals surface area contributed by atoms with Crippen molar-refractivity contribution in [2.45, 2.75) is 77.2 Å². The van der Waals surface area contributed by atoms with Crippen LogP contribution in [-0.4, -0.2) is 28.5 Å². The number of hydrogen-bond acceptors (Lipinski definition) is 3. The monoisotopic (exact) mass is 364 g/mol. The minimum Gasteiger partial charge on any atom is -0.390 e. The lowest BCUT2D eigenvalue weighted by Gasteiger charge is -2.56. The zero-order valence-electron chi connectivity index (χ0n) is 16.3. The minimum atomic E-state index is -0.417. The summed E-state index contributed by atoms with van der Waals surface area (Å²) in [5.74, 6) is 5.69. The Balaban J connectivity index is 1.52. The van der Waals surface area contributed by atoms with Gasteiger partial charge in [-0.3, -0.25) is 4.79 Å². The summed E-state index contributed by atoms with van der Waals surface area (Å²) < 4.78 is 0. The van der Waals surface area contributed by atoms with Crippen molar-refractivity contribution in [3.8, 4) is 0 Å². The number of carbonyl (C=O) groups excluding carboxylic acids is 1. The van der Waals surface area contributed by atoms with Crippen LogP contribution < -0.4 is 0 Å². The van der Waals surface area contributed by atoms with Gasteiger partial charge in [0.15, 0.2) is 0 Å². The first-order valence-electron chi connectivity index (χ1n) is 10.6. The van der Waals surface area contributed by atoms with E-state index in [9.17, 15) is 9.90 Å². The van der Waals surface area contributed by atoms with Gasteiger partial charge in [0.1, 0.15) is 5.78 Å². The quantitative estimate of drug-likeness (QED) is 0.771. The molecule has 4 aliphatic carbocycles. The Morgan fingerprint density at radius 2 is 1.76 bits per heavy atom. The fraction of sp³-hybridized carbons (Fsp3) is 0.955. The highest BCUT2D eigenvalue weighted by atomic mass is 32.2. The van der Waals surface area contributed by atoms with Crippen LogP contribution in [0.15, 0.2) is 0 Å². The molecule has 0 heterocycles. The largest absolute Gasteiger partial charge is 0.390 e. The van der Waals surface area contributed by atoms with Gasteiger partial charge < -0.3 is 5.11 Å². The second-order valence-electron chi connectivity index (χ2n) is 10.2. The Bertz CT molecular complexity index is 530. The molecule has 3 heteroatoms.